The summed E-state index contributed by atoms with van der Waals surface area (Å²) in [5, 5.41) is 3.04. The molecule has 5 rings (SSSR count). The van der Waals surface area contributed by atoms with Crippen molar-refractivity contribution in [3.8, 4) is 0 Å². The van der Waals surface area contributed by atoms with Crippen LogP contribution in [0.15, 0.2) is 41.1 Å². The van der Waals surface area contributed by atoms with Gasteiger partial charge in [0.15, 0.2) is 5.69 Å². The molecule has 13 heteroatoms. The van der Waals surface area contributed by atoms with Crippen LogP contribution >= 0.6 is 11.6 Å². The third kappa shape index (κ3) is 5.58. The number of alkyl halides is 3. The predicted octanol–water partition coefficient (Wildman–Crippen LogP) is 4.71. The first kappa shape index (κ1) is 25.1. The van der Waals surface area contributed by atoms with Crippen LogP contribution in [0.5, 0.6) is 0 Å². The molecule has 3 aromatic rings. The van der Waals surface area contributed by atoms with Gasteiger partial charge in [-0.3, -0.25) is 4.79 Å². The van der Waals surface area contributed by atoms with Crippen molar-refractivity contribution in [2.24, 2.45) is 0 Å². The zero-order chi connectivity index (χ0) is 26.0. The third-order valence-electron chi connectivity index (χ3n) is 6.37. The smallest absolute Gasteiger partial charge is 0.417 e. The molecule has 2 saturated heterocycles. The maximum Gasteiger partial charge on any atom is 0.437 e. The van der Waals surface area contributed by atoms with E-state index in [9.17, 15) is 18.0 Å². The molecule has 9 nitrogen and oxygen atoms in total. The largest absolute Gasteiger partial charge is 0.437 e. The van der Waals surface area contributed by atoms with Gasteiger partial charge in [-0.2, -0.15) is 18.2 Å². The molecule has 0 radical (unpaired) electrons. The fourth-order valence-electron chi connectivity index (χ4n) is 4.47. The SMILES string of the molecule is O=C(Nc1ccc(N2CCN(c3ncccc3Cl)CC2)nc1)c1oc(N2CCCCC2)nc1C(F)(F)F. The van der Waals surface area contributed by atoms with E-state index in [2.05, 4.69) is 30.1 Å². The molecule has 0 aromatic carbocycles. The summed E-state index contributed by atoms with van der Waals surface area (Å²) < 4.78 is 46.1. The van der Waals surface area contributed by atoms with Crippen molar-refractivity contribution in [2.45, 2.75) is 25.4 Å². The number of carbonyl (C=O) groups is 1. The molecule has 1 N–H and O–H groups in total. The molecule has 3 aromatic heterocycles. The van der Waals surface area contributed by atoms with E-state index in [1.165, 1.54) is 6.20 Å². The van der Waals surface area contributed by atoms with Crippen LogP contribution in [0.2, 0.25) is 5.02 Å². The normalized spacial score (nSPS) is 16.7. The fourth-order valence-corrected chi connectivity index (χ4v) is 4.71. The highest BCUT2D eigenvalue weighted by atomic mass is 35.5. The Bertz CT molecular complexity index is 1240. The number of oxazole rings is 1. The van der Waals surface area contributed by atoms with Gasteiger partial charge in [-0.15, -0.1) is 0 Å². The molecule has 37 heavy (non-hydrogen) atoms. The van der Waals surface area contributed by atoms with Crippen LogP contribution in [-0.2, 0) is 6.18 Å². The number of hydrogen-bond donors (Lipinski definition) is 1. The summed E-state index contributed by atoms with van der Waals surface area (Å²) >= 11 is 6.25. The lowest BCUT2D eigenvalue weighted by Crippen LogP contribution is -2.47. The van der Waals surface area contributed by atoms with Gasteiger partial charge >= 0.3 is 6.18 Å². The number of amides is 1. The first-order chi connectivity index (χ1) is 17.8. The summed E-state index contributed by atoms with van der Waals surface area (Å²) in [5.74, 6) is -0.461. The topological polar surface area (TPSA) is 90.6 Å². The Morgan fingerprint density at radius 3 is 2.32 bits per heavy atom. The van der Waals surface area contributed by atoms with Crippen molar-refractivity contribution in [1.29, 1.82) is 0 Å². The molecule has 0 unspecified atom stereocenters. The van der Waals surface area contributed by atoms with E-state index in [0.717, 1.165) is 25.1 Å². The summed E-state index contributed by atoms with van der Waals surface area (Å²) in [5.41, 5.74) is -1.09. The van der Waals surface area contributed by atoms with Gasteiger partial charge in [0.25, 0.3) is 11.9 Å². The number of anilines is 4. The number of nitrogens with zero attached hydrogens (tertiary/aromatic N) is 6. The Hall–Kier alpha value is -3.54. The van der Waals surface area contributed by atoms with Crippen LogP contribution in [0.1, 0.15) is 35.5 Å². The number of hydrogen-bond acceptors (Lipinski definition) is 8. The summed E-state index contributed by atoms with van der Waals surface area (Å²) in [6.45, 7) is 3.82. The highest BCUT2D eigenvalue weighted by Crippen LogP contribution is 2.35. The van der Waals surface area contributed by atoms with E-state index in [4.69, 9.17) is 16.0 Å². The van der Waals surface area contributed by atoms with E-state index < -0.39 is 23.5 Å². The fraction of sp³-hybridized carbons (Fsp3) is 0.417. The van der Waals surface area contributed by atoms with Crippen molar-refractivity contribution < 1.29 is 22.4 Å². The number of halogens is 4. The summed E-state index contributed by atoms with van der Waals surface area (Å²) in [6, 6.07) is 6.71. The second-order valence-corrected chi connectivity index (χ2v) is 9.27. The Morgan fingerprint density at radius 1 is 0.946 bits per heavy atom. The number of piperazine rings is 1. The average Bonchev–Trinajstić information content (AvgIpc) is 3.37. The zero-order valence-corrected chi connectivity index (χ0v) is 20.6. The first-order valence-electron chi connectivity index (χ1n) is 12.0. The predicted molar refractivity (Wildman–Crippen MR) is 133 cm³/mol. The molecule has 2 aliphatic heterocycles. The Labute approximate surface area is 216 Å². The summed E-state index contributed by atoms with van der Waals surface area (Å²) in [4.78, 5) is 30.9. The molecule has 0 saturated carbocycles. The molecule has 1 amide bonds. The van der Waals surface area contributed by atoms with E-state index in [1.54, 1.807) is 35.4 Å². The van der Waals surface area contributed by atoms with Crippen molar-refractivity contribution >= 4 is 40.8 Å². The van der Waals surface area contributed by atoms with Crippen LogP contribution in [0.25, 0.3) is 0 Å². The van der Waals surface area contributed by atoms with Gasteiger partial charge in [0.05, 0.1) is 16.9 Å². The first-order valence-corrected chi connectivity index (χ1v) is 12.4. The van der Waals surface area contributed by atoms with Crippen LogP contribution in [0, 0.1) is 0 Å². The highest BCUT2D eigenvalue weighted by Gasteiger charge is 2.42. The van der Waals surface area contributed by atoms with E-state index in [1.807, 2.05) is 0 Å². The molecule has 2 fully saturated rings. The number of carbonyl (C=O) groups excluding carboxylic acids is 1. The lowest BCUT2D eigenvalue weighted by atomic mass is 10.1. The number of piperidine rings is 1. The van der Waals surface area contributed by atoms with E-state index >= 15 is 0 Å². The van der Waals surface area contributed by atoms with Crippen molar-refractivity contribution in [3.05, 3.63) is 53.1 Å². The molecular formula is C24H25ClF3N7O2. The molecule has 2 aliphatic rings. The van der Waals surface area contributed by atoms with Gasteiger partial charge in [-0.05, 0) is 43.5 Å². The second kappa shape index (κ2) is 10.4. The molecular weight excluding hydrogens is 511 g/mol. The highest BCUT2D eigenvalue weighted by molar-refractivity contribution is 6.32. The van der Waals surface area contributed by atoms with Crippen LogP contribution in [-0.4, -0.2) is 60.1 Å². The Balaban J connectivity index is 1.24. The minimum Gasteiger partial charge on any atom is -0.417 e. The number of nitrogens with one attached hydrogen (secondary N) is 1. The molecule has 5 heterocycles. The van der Waals surface area contributed by atoms with E-state index in [-0.39, 0.29) is 11.7 Å². The Kier molecular flexibility index (Phi) is 7.09. The van der Waals surface area contributed by atoms with Gasteiger partial charge in [0.1, 0.15) is 11.6 Å². The van der Waals surface area contributed by atoms with Gasteiger partial charge in [-0.25, -0.2) is 9.97 Å². The maximum atomic E-state index is 13.6. The Morgan fingerprint density at radius 2 is 1.68 bits per heavy atom. The molecule has 0 aliphatic carbocycles. The van der Waals surface area contributed by atoms with Crippen molar-refractivity contribution in [2.75, 3.05) is 59.3 Å². The molecule has 0 bridgehead atoms. The summed E-state index contributed by atoms with van der Waals surface area (Å²) in [6.07, 6.45) is 0.934. The van der Waals surface area contributed by atoms with Gasteiger partial charge in [0, 0.05) is 45.5 Å². The van der Waals surface area contributed by atoms with Crippen molar-refractivity contribution in [3.63, 3.8) is 0 Å². The molecule has 0 spiro atoms. The monoisotopic (exact) mass is 535 g/mol. The lowest BCUT2D eigenvalue weighted by Gasteiger charge is -2.36. The number of rotatable bonds is 5. The molecule has 0 atom stereocenters. The van der Waals surface area contributed by atoms with Gasteiger partial charge < -0.3 is 24.4 Å². The maximum absolute atomic E-state index is 13.6. The average molecular weight is 536 g/mol. The van der Waals surface area contributed by atoms with Crippen LogP contribution in [0.4, 0.5) is 36.5 Å². The van der Waals surface area contributed by atoms with Gasteiger partial charge in [0.2, 0.25) is 5.76 Å². The third-order valence-corrected chi connectivity index (χ3v) is 6.66. The lowest BCUT2D eigenvalue weighted by molar-refractivity contribution is -0.141. The zero-order valence-electron chi connectivity index (χ0n) is 19.8. The second-order valence-electron chi connectivity index (χ2n) is 8.86. The number of pyridine rings is 2. The molecule has 196 valence electrons. The quantitative estimate of drug-likeness (QED) is 0.502. The van der Waals surface area contributed by atoms with Crippen molar-refractivity contribution in [1.82, 2.24) is 15.0 Å². The van der Waals surface area contributed by atoms with Gasteiger partial charge in [-0.1, -0.05) is 11.6 Å². The van der Waals surface area contributed by atoms with Crippen LogP contribution in [0.3, 0.4) is 0 Å². The number of aromatic nitrogens is 3. The minimum atomic E-state index is -4.83. The summed E-state index contributed by atoms with van der Waals surface area (Å²) in [7, 11) is 0. The minimum absolute atomic E-state index is 0.184. The standard InChI is InChI=1S/C24H25ClF3N7O2/c25-17-5-4-8-29-21(17)34-13-11-33(12-14-34)18-7-6-16(15-30-18)31-22(36)19-20(24(26,27)28)32-23(37-19)35-9-2-1-3-10-35/h4-8,15H,1-3,9-14H2,(H,31,36). The van der Waals surface area contributed by atoms with E-state index in [0.29, 0.717) is 50.1 Å². The van der Waals surface area contributed by atoms with Crippen LogP contribution < -0.4 is 20.0 Å².